The fourth-order valence-corrected chi connectivity index (χ4v) is 2.87. The Bertz CT molecular complexity index is 448. The Kier molecular flexibility index (Phi) is 2.96. The molecule has 17 heavy (non-hydrogen) atoms. The number of hydrogen-bond acceptors (Lipinski definition) is 2. The minimum Gasteiger partial charge on any atom is -0.307 e. The zero-order valence-electron chi connectivity index (χ0n) is 8.95. The number of hydrogen-bond donors (Lipinski definition) is 1. The van der Waals surface area contributed by atoms with E-state index in [9.17, 15) is 13.6 Å². The summed E-state index contributed by atoms with van der Waals surface area (Å²) in [6.07, 6.45) is 1.72. The van der Waals surface area contributed by atoms with Crippen LogP contribution in [0.4, 0.5) is 8.78 Å². The van der Waals surface area contributed by atoms with Gasteiger partial charge in [-0.2, -0.15) is 0 Å². The number of nitrogens with one attached hydrogen (secondary N) is 1. The molecule has 0 radical (unpaired) electrons. The molecule has 1 aromatic rings. The quantitative estimate of drug-likeness (QED) is 0.821. The van der Waals surface area contributed by atoms with E-state index in [2.05, 4.69) is 5.32 Å². The first kappa shape index (κ1) is 12.5. The zero-order valence-corrected chi connectivity index (χ0v) is 9.77. The summed E-state index contributed by atoms with van der Waals surface area (Å²) in [6.45, 7) is 0.629. The molecule has 1 N–H and O–H groups in total. The summed E-state index contributed by atoms with van der Waals surface area (Å²) in [7, 11) is 0. The molecule has 1 aromatic carbocycles. The van der Waals surface area contributed by atoms with Crippen molar-refractivity contribution >= 4 is 18.7 Å². The van der Waals surface area contributed by atoms with Crippen molar-refractivity contribution in [2.24, 2.45) is 5.92 Å². The van der Waals surface area contributed by atoms with Crippen LogP contribution < -0.4 is 5.32 Å². The Labute approximate surface area is 104 Å². The lowest BCUT2D eigenvalue weighted by Gasteiger charge is -2.12. The van der Waals surface area contributed by atoms with Gasteiger partial charge in [-0.05, 0) is 30.0 Å². The maximum Gasteiger partial charge on any atom is 0.137 e. The van der Waals surface area contributed by atoms with E-state index in [4.69, 9.17) is 0 Å². The van der Waals surface area contributed by atoms with Gasteiger partial charge in [0, 0.05) is 18.0 Å². The first-order valence-electron chi connectivity index (χ1n) is 5.31. The SMILES string of the molecule is Cl.O=CC1NC[C@@]2(c3cc(F)cc(F)c3)C[C@@H]12. The smallest absolute Gasteiger partial charge is 0.137 e. The fraction of sp³-hybridized carbons (Fsp3) is 0.417. The molecule has 2 nitrogen and oxygen atoms in total. The number of piperidine rings is 1. The molecule has 0 spiro atoms. The molecule has 1 saturated heterocycles. The summed E-state index contributed by atoms with van der Waals surface area (Å²) < 4.78 is 26.2. The van der Waals surface area contributed by atoms with Crippen LogP contribution in [0.1, 0.15) is 12.0 Å². The molecule has 92 valence electrons. The third-order valence-corrected chi connectivity index (χ3v) is 3.80. The van der Waals surface area contributed by atoms with Gasteiger partial charge in [0.2, 0.25) is 0 Å². The first-order valence-corrected chi connectivity index (χ1v) is 5.31. The minimum absolute atomic E-state index is 0. The fourth-order valence-electron chi connectivity index (χ4n) is 2.87. The second-order valence-corrected chi connectivity index (χ2v) is 4.67. The molecule has 2 aliphatic rings. The topological polar surface area (TPSA) is 29.1 Å². The Hall–Kier alpha value is -1.00. The minimum atomic E-state index is -0.551. The van der Waals surface area contributed by atoms with Gasteiger partial charge >= 0.3 is 0 Å². The van der Waals surface area contributed by atoms with E-state index in [1.54, 1.807) is 0 Å². The van der Waals surface area contributed by atoms with Crippen LogP contribution in [0, 0.1) is 17.6 Å². The van der Waals surface area contributed by atoms with Gasteiger partial charge < -0.3 is 10.1 Å². The molecular formula is C12H12ClF2NO. The molecule has 2 fully saturated rings. The van der Waals surface area contributed by atoms with E-state index in [1.165, 1.54) is 12.1 Å². The molecule has 3 atom stereocenters. The number of rotatable bonds is 2. The molecule has 0 bridgehead atoms. The molecule has 1 unspecified atom stereocenters. The summed E-state index contributed by atoms with van der Waals surface area (Å²) in [6, 6.07) is 3.46. The summed E-state index contributed by atoms with van der Waals surface area (Å²) in [5.41, 5.74) is 0.459. The van der Waals surface area contributed by atoms with Crippen molar-refractivity contribution in [2.75, 3.05) is 6.54 Å². The van der Waals surface area contributed by atoms with Crippen molar-refractivity contribution < 1.29 is 13.6 Å². The highest BCUT2D eigenvalue weighted by molar-refractivity contribution is 5.85. The largest absolute Gasteiger partial charge is 0.307 e. The predicted octanol–water partition coefficient (Wildman–Crippen LogP) is 1.81. The maximum atomic E-state index is 13.1. The number of fused-ring (bicyclic) bond motifs is 1. The van der Waals surface area contributed by atoms with Crippen molar-refractivity contribution in [3.63, 3.8) is 0 Å². The van der Waals surface area contributed by atoms with E-state index in [1.807, 2.05) is 0 Å². The third-order valence-electron chi connectivity index (χ3n) is 3.80. The molecule has 5 heteroatoms. The van der Waals surface area contributed by atoms with Crippen LogP contribution >= 0.6 is 12.4 Å². The molecular weight excluding hydrogens is 248 g/mol. The number of halogens is 3. The zero-order chi connectivity index (χ0) is 11.3. The second kappa shape index (κ2) is 4.03. The van der Waals surface area contributed by atoms with Gasteiger partial charge in [-0.15, -0.1) is 12.4 Å². The lowest BCUT2D eigenvalue weighted by Crippen LogP contribution is -2.28. The second-order valence-electron chi connectivity index (χ2n) is 4.67. The van der Waals surface area contributed by atoms with Crippen LogP contribution in [0.2, 0.25) is 0 Å². The number of carbonyl (C=O) groups is 1. The van der Waals surface area contributed by atoms with Crippen molar-refractivity contribution in [3.8, 4) is 0 Å². The molecule has 1 aliphatic carbocycles. The predicted molar refractivity (Wildman–Crippen MR) is 61.2 cm³/mol. The van der Waals surface area contributed by atoms with Crippen LogP contribution in [0.25, 0.3) is 0 Å². The first-order chi connectivity index (χ1) is 7.65. The molecule has 1 saturated carbocycles. The van der Waals surface area contributed by atoms with E-state index < -0.39 is 11.6 Å². The highest BCUT2D eigenvalue weighted by atomic mass is 35.5. The number of aldehydes is 1. The van der Waals surface area contributed by atoms with Crippen molar-refractivity contribution in [2.45, 2.75) is 17.9 Å². The van der Waals surface area contributed by atoms with Crippen molar-refractivity contribution in [3.05, 3.63) is 35.4 Å². The Morgan fingerprint density at radius 2 is 1.94 bits per heavy atom. The van der Waals surface area contributed by atoms with Crippen LogP contribution in [-0.2, 0) is 10.2 Å². The molecule has 0 amide bonds. The van der Waals surface area contributed by atoms with Gasteiger partial charge in [0.25, 0.3) is 0 Å². The number of carbonyl (C=O) groups excluding carboxylic acids is 1. The maximum absolute atomic E-state index is 13.1. The van der Waals surface area contributed by atoms with E-state index in [-0.39, 0.29) is 29.8 Å². The molecule has 3 rings (SSSR count). The summed E-state index contributed by atoms with van der Waals surface area (Å²) in [5.74, 6) is -0.902. The van der Waals surface area contributed by atoms with Crippen LogP contribution in [0.3, 0.4) is 0 Å². The van der Waals surface area contributed by atoms with Gasteiger partial charge in [-0.1, -0.05) is 0 Å². The standard InChI is InChI=1S/C12H11F2NO.ClH/c13-8-1-7(2-9(14)3-8)12-4-10(12)11(5-16)15-6-12;/h1-3,5,10-11,15H,4,6H2;1H/t10-,11?,12+;/m0./s1. The Morgan fingerprint density at radius 1 is 1.29 bits per heavy atom. The summed E-state index contributed by atoms with van der Waals surface area (Å²) >= 11 is 0. The van der Waals surface area contributed by atoms with Gasteiger partial charge in [-0.25, -0.2) is 8.78 Å². The Morgan fingerprint density at radius 3 is 2.41 bits per heavy atom. The third kappa shape index (κ3) is 1.76. The monoisotopic (exact) mass is 259 g/mol. The normalized spacial score (nSPS) is 33.8. The molecule has 1 aliphatic heterocycles. The van der Waals surface area contributed by atoms with E-state index >= 15 is 0 Å². The van der Waals surface area contributed by atoms with Crippen LogP contribution in [0.15, 0.2) is 18.2 Å². The average molecular weight is 260 g/mol. The Balaban J connectivity index is 0.00000108. The van der Waals surface area contributed by atoms with Gasteiger partial charge in [-0.3, -0.25) is 0 Å². The summed E-state index contributed by atoms with van der Waals surface area (Å²) in [4.78, 5) is 10.7. The highest BCUT2D eigenvalue weighted by Gasteiger charge is 2.62. The molecule has 0 aromatic heterocycles. The van der Waals surface area contributed by atoms with Crippen LogP contribution in [0.5, 0.6) is 0 Å². The van der Waals surface area contributed by atoms with Gasteiger partial charge in [0.05, 0.1) is 6.04 Å². The van der Waals surface area contributed by atoms with Crippen molar-refractivity contribution in [1.29, 1.82) is 0 Å². The highest BCUT2D eigenvalue weighted by Crippen LogP contribution is 2.58. The lowest BCUT2D eigenvalue weighted by molar-refractivity contribution is -0.109. The van der Waals surface area contributed by atoms with Crippen LogP contribution in [-0.4, -0.2) is 18.9 Å². The number of benzene rings is 1. The average Bonchev–Trinajstić information content (AvgIpc) is 2.86. The summed E-state index contributed by atoms with van der Waals surface area (Å²) in [5, 5.41) is 3.07. The van der Waals surface area contributed by atoms with E-state index in [0.717, 1.165) is 18.8 Å². The van der Waals surface area contributed by atoms with E-state index in [0.29, 0.717) is 12.1 Å². The van der Waals surface area contributed by atoms with Gasteiger partial charge in [0.15, 0.2) is 0 Å². The molecule has 1 heterocycles. The lowest BCUT2D eigenvalue weighted by atomic mass is 9.94. The van der Waals surface area contributed by atoms with Gasteiger partial charge in [0.1, 0.15) is 17.9 Å². The van der Waals surface area contributed by atoms with Crippen molar-refractivity contribution in [1.82, 2.24) is 5.32 Å².